The number of carbonyl (C=O) groups is 2. The molecule has 4 saturated carbocycles. The Bertz CT molecular complexity index is 950. The average molecular weight is 464 g/mol. The zero-order valence-corrected chi connectivity index (χ0v) is 20.4. The van der Waals surface area contributed by atoms with Gasteiger partial charge in [0.1, 0.15) is 12.3 Å². The van der Waals surface area contributed by atoms with E-state index < -0.39 is 0 Å². The molecule has 6 nitrogen and oxygen atoms in total. The summed E-state index contributed by atoms with van der Waals surface area (Å²) in [6, 6.07) is 13.5. The second-order valence-corrected chi connectivity index (χ2v) is 11.2. The Hall–Kier alpha value is -2.76. The summed E-state index contributed by atoms with van der Waals surface area (Å²) in [5.74, 6) is 2.94. The Morgan fingerprint density at radius 2 is 1.62 bits per heavy atom. The minimum absolute atomic E-state index is 0.0589. The van der Waals surface area contributed by atoms with E-state index in [1.165, 1.54) is 19.3 Å². The standard InChI is InChI=1S/C28H37N3O3/c1-20(2)31(27(33)29-28-14-22-11-23(15-28)13-24(12-22)16-28)19-26(32)30(18-25-9-6-10-34-25)17-21-7-4-3-5-8-21/h3-10,20,22-24H,11-19H2,1-2H3,(H,29,33). The number of hydrogen-bond donors (Lipinski definition) is 1. The smallest absolute Gasteiger partial charge is 0.318 e. The first-order valence-electron chi connectivity index (χ1n) is 12.8. The Kier molecular flexibility index (Phi) is 6.41. The lowest BCUT2D eigenvalue weighted by Gasteiger charge is -2.57. The first-order valence-corrected chi connectivity index (χ1v) is 12.8. The molecule has 0 unspecified atom stereocenters. The fourth-order valence-corrected chi connectivity index (χ4v) is 6.92. The van der Waals surface area contributed by atoms with Crippen LogP contribution in [0, 0.1) is 17.8 Å². The molecule has 0 atom stereocenters. The van der Waals surface area contributed by atoms with Crippen LogP contribution < -0.4 is 5.32 Å². The summed E-state index contributed by atoms with van der Waals surface area (Å²) in [6.45, 7) is 4.89. The van der Waals surface area contributed by atoms with Gasteiger partial charge in [-0.3, -0.25) is 4.79 Å². The number of hydrogen-bond acceptors (Lipinski definition) is 3. The lowest BCUT2D eigenvalue weighted by atomic mass is 9.53. The van der Waals surface area contributed by atoms with E-state index in [0.717, 1.165) is 48.3 Å². The van der Waals surface area contributed by atoms with Crippen LogP contribution in [-0.4, -0.2) is 39.9 Å². The van der Waals surface area contributed by atoms with Crippen molar-refractivity contribution in [2.45, 2.75) is 77.0 Å². The van der Waals surface area contributed by atoms with Crippen LogP contribution in [0.25, 0.3) is 0 Å². The maximum Gasteiger partial charge on any atom is 0.318 e. The van der Waals surface area contributed by atoms with Gasteiger partial charge >= 0.3 is 6.03 Å². The normalized spacial score (nSPS) is 27.1. The summed E-state index contributed by atoms with van der Waals surface area (Å²) < 4.78 is 5.52. The summed E-state index contributed by atoms with van der Waals surface area (Å²) >= 11 is 0. The molecule has 0 radical (unpaired) electrons. The van der Waals surface area contributed by atoms with Gasteiger partial charge in [0.05, 0.1) is 12.8 Å². The number of urea groups is 1. The molecule has 0 spiro atoms. The van der Waals surface area contributed by atoms with Crippen LogP contribution in [0.4, 0.5) is 4.79 Å². The lowest BCUT2D eigenvalue weighted by Crippen LogP contribution is -2.63. The summed E-state index contributed by atoms with van der Waals surface area (Å²) in [7, 11) is 0. The number of nitrogens with zero attached hydrogens (tertiary/aromatic N) is 2. The fourth-order valence-electron chi connectivity index (χ4n) is 6.92. The molecule has 2 aromatic rings. The third-order valence-electron chi connectivity index (χ3n) is 8.10. The third kappa shape index (κ3) is 5.01. The number of furan rings is 1. The maximum atomic E-state index is 13.5. The van der Waals surface area contributed by atoms with Gasteiger partial charge in [0, 0.05) is 18.1 Å². The number of benzene rings is 1. The molecule has 0 saturated heterocycles. The first kappa shape index (κ1) is 23.0. The van der Waals surface area contributed by atoms with Gasteiger partial charge < -0.3 is 19.5 Å². The van der Waals surface area contributed by atoms with Gasteiger partial charge in [0.2, 0.25) is 5.91 Å². The van der Waals surface area contributed by atoms with E-state index in [-0.39, 0.29) is 30.1 Å². The molecular formula is C28H37N3O3. The van der Waals surface area contributed by atoms with Gasteiger partial charge in [-0.15, -0.1) is 0 Å². The van der Waals surface area contributed by atoms with Crippen molar-refractivity contribution in [3.63, 3.8) is 0 Å². The van der Waals surface area contributed by atoms with Crippen molar-refractivity contribution in [3.05, 3.63) is 60.1 Å². The highest BCUT2D eigenvalue weighted by molar-refractivity contribution is 5.84. The maximum absolute atomic E-state index is 13.5. The van der Waals surface area contributed by atoms with E-state index in [1.54, 1.807) is 16.1 Å². The predicted octanol–water partition coefficient (Wildman–Crippen LogP) is 5.20. The van der Waals surface area contributed by atoms with Crippen LogP contribution in [-0.2, 0) is 17.9 Å². The highest BCUT2D eigenvalue weighted by Gasteiger charge is 2.52. The van der Waals surface area contributed by atoms with Gasteiger partial charge in [0.25, 0.3) is 0 Å². The topological polar surface area (TPSA) is 65.8 Å². The highest BCUT2D eigenvalue weighted by Crippen LogP contribution is 2.55. The number of amides is 3. The lowest BCUT2D eigenvalue weighted by molar-refractivity contribution is -0.133. The molecule has 0 aliphatic heterocycles. The summed E-state index contributed by atoms with van der Waals surface area (Å²) in [5.41, 5.74) is 0.983. The van der Waals surface area contributed by atoms with Crippen molar-refractivity contribution < 1.29 is 14.0 Å². The van der Waals surface area contributed by atoms with Crippen molar-refractivity contribution in [2.24, 2.45) is 17.8 Å². The minimum atomic E-state index is -0.0945. The van der Waals surface area contributed by atoms with Gasteiger partial charge in [0.15, 0.2) is 0 Å². The van der Waals surface area contributed by atoms with Crippen LogP contribution in [0.2, 0.25) is 0 Å². The molecule has 1 aromatic heterocycles. The molecule has 6 heteroatoms. The second-order valence-electron chi connectivity index (χ2n) is 11.2. The predicted molar refractivity (Wildman–Crippen MR) is 131 cm³/mol. The molecule has 34 heavy (non-hydrogen) atoms. The van der Waals surface area contributed by atoms with Crippen molar-refractivity contribution in [3.8, 4) is 0 Å². The Balaban J connectivity index is 1.28. The van der Waals surface area contributed by atoms with Crippen molar-refractivity contribution in [1.29, 1.82) is 0 Å². The molecule has 4 bridgehead atoms. The molecule has 1 aromatic carbocycles. The van der Waals surface area contributed by atoms with Crippen LogP contribution in [0.1, 0.15) is 63.7 Å². The molecule has 4 aliphatic carbocycles. The number of carbonyl (C=O) groups excluding carboxylic acids is 2. The molecule has 4 fully saturated rings. The molecule has 1 N–H and O–H groups in total. The Morgan fingerprint density at radius 3 is 2.18 bits per heavy atom. The zero-order chi connectivity index (χ0) is 23.7. The van der Waals surface area contributed by atoms with Gasteiger partial charge in [-0.25, -0.2) is 4.79 Å². The fraction of sp³-hybridized carbons (Fsp3) is 0.571. The molecule has 1 heterocycles. The van der Waals surface area contributed by atoms with Crippen LogP contribution in [0.15, 0.2) is 53.1 Å². The quantitative estimate of drug-likeness (QED) is 0.585. The van der Waals surface area contributed by atoms with E-state index in [4.69, 9.17) is 4.42 Å². The summed E-state index contributed by atoms with van der Waals surface area (Å²) in [4.78, 5) is 30.5. The Morgan fingerprint density at radius 1 is 0.971 bits per heavy atom. The molecular weight excluding hydrogens is 426 g/mol. The van der Waals surface area contributed by atoms with Crippen LogP contribution in [0.5, 0.6) is 0 Å². The molecule has 3 amide bonds. The average Bonchev–Trinajstić information content (AvgIpc) is 3.29. The number of rotatable bonds is 8. The van der Waals surface area contributed by atoms with E-state index in [2.05, 4.69) is 5.32 Å². The second kappa shape index (κ2) is 9.47. The van der Waals surface area contributed by atoms with Crippen LogP contribution in [0.3, 0.4) is 0 Å². The molecule has 4 aliphatic rings. The Labute approximate surface area is 202 Å². The van der Waals surface area contributed by atoms with E-state index in [1.807, 2.05) is 56.3 Å². The van der Waals surface area contributed by atoms with E-state index in [9.17, 15) is 9.59 Å². The monoisotopic (exact) mass is 463 g/mol. The van der Waals surface area contributed by atoms with Crippen molar-refractivity contribution in [2.75, 3.05) is 6.54 Å². The van der Waals surface area contributed by atoms with Gasteiger partial charge in [-0.1, -0.05) is 30.3 Å². The van der Waals surface area contributed by atoms with Gasteiger partial charge in [-0.05, 0) is 87.8 Å². The van der Waals surface area contributed by atoms with E-state index in [0.29, 0.717) is 13.1 Å². The minimum Gasteiger partial charge on any atom is -0.467 e. The SMILES string of the molecule is CC(C)N(CC(=O)N(Cc1ccccc1)Cc1ccco1)C(=O)NC12CC3CC(CC(C3)C1)C2. The van der Waals surface area contributed by atoms with Gasteiger partial charge in [-0.2, -0.15) is 0 Å². The summed E-state index contributed by atoms with van der Waals surface area (Å²) in [5, 5.41) is 3.44. The first-order chi connectivity index (χ1) is 16.4. The highest BCUT2D eigenvalue weighted by atomic mass is 16.3. The van der Waals surface area contributed by atoms with Crippen molar-refractivity contribution in [1.82, 2.24) is 15.1 Å². The van der Waals surface area contributed by atoms with Crippen LogP contribution >= 0.6 is 0 Å². The largest absolute Gasteiger partial charge is 0.467 e. The summed E-state index contributed by atoms with van der Waals surface area (Å²) in [6.07, 6.45) is 8.93. The molecule has 182 valence electrons. The third-order valence-corrected chi connectivity index (χ3v) is 8.10. The molecule has 6 rings (SSSR count). The number of nitrogens with one attached hydrogen (secondary N) is 1. The zero-order valence-electron chi connectivity index (χ0n) is 20.4. The van der Waals surface area contributed by atoms with E-state index >= 15 is 0 Å². The van der Waals surface area contributed by atoms with Crippen molar-refractivity contribution >= 4 is 11.9 Å².